The fourth-order valence-electron chi connectivity index (χ4n) is 5.61. The molecule has 192 valence electrons. The summed E-state index contributed by atoms with van der Waals surface area (Å²) in [5.74, 6) is -0.559. The maximum Gasteiger partial charge on any atom is 0.304 e. The first-order valence-electron chi connectivity index (χ1n) is 13.2. The van der Waals surface area contributed by atoms with Crippen molar-refractivity contribution in [3.8, 4) is 5.88 Å². The highest BCUT2D eigenvalue weighted by Crippen LogP contribution is 2.34. The van der Waals surface area contributed by atoms with Crippen molar-refractivity contribution in [3.63, 3.8) is 0 Å². The minimum Gasteiger partial charge on any atom is -0.481 e. The van der Waals surface area contributed by atoms with Crippen molar-refractivity contribution in [3.05, 3.63) is 93.2 Å². The van der Waals surface area contributed by atoms with Crippen LogP contribution in [0, 0.1) is 13.8 Å². The molecule has 5 aliphatic rings. The fraction of sp³-hybridized carbons (Fsp3) is 0.387. The minimum atomic E-state index is -0.858. The topological polar surface area (TPSA) is 79.7 Å². The molecule has 3 aromatic rings. The molecule has 0 spiro atoms. The van der Waals surface area contributed by atoms with Crippen LogP contribution in [0.4, 0.5) is 0 Å². The van der Waals surface area contributed by atoms with Crippen LogP contribution >= 0.6 is 0 Å². The van der Waals surface area contributed by atoms with Gasteiger partial charge < -0.3 is 14.7 Å². The Kier molecular flexibility index (Phi) is 7.26. The van der Waals surface area contributed by atoms with E-state index in [0.717, 1.165) is 65.5 Å². The number of benzene rings is 2. The number of hydrogen-bond donors (Lipinski definition) is 1. The number of carbonyl (C=O) groups is 2. The number of carboxylic acids is 1. The second kappa shape index (κ2) is 10.8. The van der Waals surface area contributed by atoms with Crippen LogP contribution in [0.25, 0.3) is 0 Å². The highest BCUT2D eigenvalue weighted by atomic mass is 16.5. The molecular formula is C31H34N2O4. The number of amides is 1. The summed E-state index contributed by atoms with van der Waals surface area (Å²) in [5.41, 5.74) is 8.11. The first-order valence-corrected chi connectivity index (χ1v) is 13.2. The molecule has 2 aromatic carbocycles. The summed E-state index contributed by atoms with van der Waals surface area (Å²) in [5, 5.41) is 9.73. The molecule has 0 saturated carbocycles. The quantitative estimate of drug-likeness (QED) is 0.497. The van der Waals surface area contributed by atoms with Crippen LogP contribution in [0.5, 0.6) is 5.88 Å². The van der Waals surface area contributed by atoms with Crippen molar-refractivity contribution >= 4 is 11.9 Å². The number of rotatable bonds is 2. The van der Waals surface area contributed by atoms with Gasteiger partial charge in [-0.1, -0.05) is 30.3 Å². The maximum atomic E-state index is 13.5. The first-order chi connectivity index (χ1) is 17.9. The van der Waals surface area contributed by atoms with Gasteiger partial charge in [-0.3, -0.25) is 9.59 Å². The Morgan fingerprint density at radius 2 is 1.89 bits per heavy atom. The zero-order chi connectivity index (χ0) is 25.9. The van der Waals surface area contributed by atoms with Crippen LogP contribution in [0.3, 0.4) is 0 Å². The Morgan fingerprint density at radius 3 is 2.68 bits per heavy atom. The standard InChI is InChI=1S/C31H34N2O4/c1-20-14-22-6-4-3-5-13-37-29-15-21(2)28(18-32-29)27(17-30(34)35)24-9-8-23-11-12-33(19-25(23)16-24)31(36)26(20)10-7-22/h7-10,14-16,18,27H,3-6,11-13,17,19H2,1-2H3,(H,34,35). The lowest BCUT2D eigenvalue weighted by atomic mass is 9.84. The molecule has 0 fully saturated rings. The molecule has 1 unspecified atom stereocenters. The fourth-order valence-corrected chi connectivity index (χ4v) is 5.61. The van der Waals surface area contributed by atoms with E-state index in [0.29, 0.717) is 25.6 Å². The molecule has 1 amide bonds. The van der Waals surface area contributed by atoms with Gasteiger partial charge in [0.25, 0.3) is 5.91 Å². The normalized spacial score (nSPS) is 17.9. The third-order valence-electron chi connectivity index (χ3n) is 7.69. The number of aromatic nitrogens is 1. The largest absolute Gasteiger partial charge is 0.481 e. The van der Waals surface area contributed by atoms with Crippen molar-refractivity contribution in [1.82, 2.24) is 9.88 Å². The van der Waals surface area contributed by atoms with E-state index in [1.165, 1.54) is 11.1 Å². The number of aryl methyl sites for hydroxylation is 3. The van der Waals surface area contributed by atoms with Gasteiger partial charge in [0.15, 0.2) is 0 Å². The predicted molar refractivity (Wildman–Crippen MR) is 142 cm³/mol. The molecule has 1 aromatic heterocycles. The Hall–Kier alpha value is -3.67. The van der Waals surface area contributed by atoms with E-state index in [4.69, 9.17) is 4.74 Å². The highest BCUT2D eigenvalue weighted by molar-refractivity contribution is 5.95. The molecule has 6 nitrogen and oxygen atoms in total. The van der Waals surface area contributed by atoms with Crippen molar-refractivity contribution in [1.29, 1.82) is 0 Å². The third-order valence-corrected chi connectivity index (χ3v) is 7.69. The van der Waals surface area contributed by atoms with Crippen LogP contribution in [-0.4, -0.2) is 40.0 Å². The van der Waals surface area contributed by atoms with E-state index in [1.807, 2.05) is 36.9 Å². The lowest BCUT2D eigenvalue weighted by Crippen LogP contribution is -2.36. The molecule has 0 aliphatic carbocycles. The molecule has 1 N–H and O–H groups in total. The van der Waals surface area contributed by atoms with Crippen LogP contribution in [-0.2, 0) is 24.2 Å². The number of carboxylic acid groups (broad SMARTS) is 1. The van der Waals surface area contributed by atoms with Gasteiger partial charge in [0.2, 0.25) is 5.88 Å². The van der Waals surface area contributed by atoms with E-state index in [9.17, 15) is 14.7 Å². The van der Waals surface area contributed by atoms with Gasteiger partial charge in [0.1, 0.15) is 0 Å². The average molecular weight is 499 g/mol. The summed E-state index contributed by atoms with van der Waals surface area (Å²) in [6.07, 6.45) is 6.54. The SMILES string of the molecule is Cc1cc2ccc1C(=O)N1CCc3ccc(cc3C1)C(CC(=O)O)c1cnc(cc1C)OCCCCC2. The zero-order valence-corrected chi connectivity index (χ0v) is 21.6. The minimum absolute atomic E-state index is 0.0320. The summed E-state index contributed by atoms with van der Waals surface area (Å²) >= 11 is 0. The second-order valence-corrected chi connectivity index (χ2v) is 10.3. The molecule has 0 radical (unpaired) electrons. The van der Waals surface area contributed by atoms with E-state index >= 15 is 0 Å². The van der Waals surface area contributed by atoms with Gasteiger partial charge in [-0.05, 0) is 91.0 Å². The second-order valence-electron chi connectivity index (χ2n) is 10.3. The van der Waals surface area contributed by atoms with Gasteiger partial charge in [-0.25, -0.2) is 4.98 Å². The Balaban J connectivity index is 1.53. The van der Waals surface area contributed by atoms with Gasteiger partial charge in [0.05, 0.1) is 13.0 Å². The summed E-state index contributed by atoms with van der Waals surface area (Å²) in [6, 6.07) is 14.3. The molecule has 37 heavy (non-hydrogen) atoms. The van der Waals surface area contributed by atoms with Crippen molar-refractivity contribution in [2.24, 2.45) is 0 Å². The Morgan fingerprint density at radius 1 is 1.03 bits per heavy atom. The summed E-state index contributed by atoms with van der Waals surface area (Å²) in [4.78, 5) is 31.8. The maximum absolute atomic E-state index is 13.5. The molecule has 6 heteroatoms. The lowest BCUT2D eigenvalue weighted by molar-refractivity contribution is -0.137. The number of ether oxygens (including phenoxy) is 1. The lowest BCUT2D eigenvalue weighted by Gasteiger charge is -2.30. The molecular weight excluding hydrogens is 464 g/mol. The van der Waals surface area contributed by atoms with E-state index < -0.39 is 5.97 Å². The Bertz CT molecular complexity index is 1330. The van der Waals surface area contributed by atoms with E-state index in [2.05, 4.69) is 29.2 Å². The summed E-state index contributed by atoms with van der Waals surface area (Å²) in [7, 11) is 0. The zero-order valence-electron chi connectivity index (χ0n) is 21.6. The van der Waals surface area contributed by atoms with E-state index in [1.54, 1.807) is 6.20 Å². The van der Waals surface area contributed by atoms with Crippen LogP contribution < -0.4 is 4.74 Å². The molecule has 8 rings (SSSR count). The molecule has 5 aliphatic heterocycles. The van der Waals surface area contributed by atoms with Gasteiger partial charge in [0, 0.05) is 36.8 Å². The number of hydrogen-bond acceptors (Lipinski definition) is 4. The molecule has 7 bridgehead atoms. The van der Waals surface area contributed by atoms with Crippen molar-refractivity contribution < 1.29 is 19.4 Å². The molecule has 0 saturated heterocycles. The van der Waals surface area contributed by atoms with E-state index in [-0.39, 0.29) is 18.2 Å². The summed E-state index contributed by atoms with van der Waals surface area (Å²) < 4.78 is 5.92. The molecule has 1 atom stereocenters. The molecule has 6 heterocycles. The van der Waals surface area contributed by atoms with Gasteiger partial charge in [-0.15, -0.1) is 0 Å². The predicted octanol–water partition coefficient (Wildman–Crippen LogP) is 5.61. The third kappa shape index (κ3) is 5.53. The van der Waals surface area contributed by atoms with Gasteiger partial charge in [-0.2, -0.15) is 0 Å². The van der Waals surface area contributed by atoms with Crippen molar-refractivity contribution in [2.75, 3.05) is 13.2 Å². The number of pyridine rings is 1. The monoisotopic (exact) mass is 498 g/mol. The first kappa shape index (κ1) is 25.0. The highest BCUT2D eigenvalue weighted by Gasteiger charge is 2.26. The Labute approximate surface area is 218 Å². The smallest absolute Gasteiger partial charge is 0.304 e. The van der Waals surface area contributed by atoms with Crippen LogP contribution in [0.2, 0.25) is 0 Å². The van der Waals surface area contributed by atoms with Crippen molar-refractivity contribution in [2.45, 2.75) is 64.8 Å². The number of nitrogens with zero attached hydrogens (tertiary/aromatic N) is 2. The number of carbonyl (C=O) groups excluding carboxylic acids is 1. The van der Waals surface area contributed by atoms with Crippen LogP contribution in [0.15, 0.2) is 48.7 Å². The average Bonchev–Trinajstić information content (AvgIpc) is 2.88. The van der Waals surface area contributed by atoms with Crippen LogP contribution in [0.1, 0.15) is 80.9 Å². The summed E-state index contributed by atoms with van der Waals surface area (Å²) in [6.45, 7) is 5.80. The number of aliphatic carboxylic acids is 1. The van der Waals surface area contributed by atoms with Gasteiger partial charge >= 0.3 is 5.97 Å².